The lowest BCUT2D eigenvalue weighted by Gasteiger charge is -2.06. The summed E-state index contributed by atoms with van der Waals surface area (Å²) in [6.45, 7) is 3.65. The second-order valence-electron chi connectivity index (χ2n) is 4.89. The van der Waals surface area contributed by atoms with Gasteiger partial charge in [-0.05, 0) is 24.1 Å². The molecule has 106 valence electrons. The van der Waals surface area contributed by atoms with Crippen molar-refractivity contribution in [2.45, 2.75) is 33.1 Å². The van der Waals surface area contributed by atoms with Crippen molar-refractivity contribution in [3.63, 3.8) is 0 Å². The fourth-order valence-corrected chi connectivity index (χ4v) is 2.46. The van der Waals surface area contributed by atoms with Crippen molar-refractivity contribution < 1.29 is 14.3 Å². The highest BCUT2D eigenvalue weighted by Gasteiger charge is 2.13. The summed E-state index contributed by atoms with van der Waals surface area (Å²) in [5, 5.41) is 1.03. The Kier molecular flexibility index (Phi) is 4.23. The first kappa shape index (κ1) is 14.3. The van der Waals surface area contributed by atoms with Crippen molar-refractivity contribution in [2.75, 3.05) is 7.11 Å². The first-order valence-corrected chi connectivity index (χ1v) is 6.77. The van der Waals surface area contributed by atoms with Crippen LogP contribution in [0.5, 0.6) is 0 Å². The number of ether oxygens (including phenoxy) is 1. The van der Waals surface area contributed by atoms with Gasteiger partial charge in [0.05, 0.1) is 19.0 Å². The first-order valence-electron chi connectivity index (χ1n) is 6.77. The summed E-state index contributed by atoms with van der Waals surface area (Å²) in [5.74, 6) is -0.280. The van der Waals surface area contributed by atoms with E-state index in [0.29, 0.717) is 0 Å². The number of nitrogens with zero attached hydrogens (tertiary/aromatic N) is 1. The topological polar surface area (TPSA) is 48.3 Å². The highest BCUT2D eigenvalue weighted by Crippen LogP contribution is 2.23. The summed E-state index contributed by atoms with van der Waals surface area (Å²) < 4.78 is 6.41. The largest absolute Gasteiger partial charge is 0.469 e. The molecule has 0 amide bonds. The quantitative estimate of drug-likeness (QED) is 0.805. The van der Waals surface area contributed by atoms with Crippen LogP contribution in [0.4, 0.5) is 0 Å². The molecule has 1 aromatic heterocycles. The molecule has 0 bridgehead atoms. The van der Waals surface area contributed by atoms with Gasteiger partial charge in [-0.3, -0.25) is 14.2 Å². The Labute approximate surface area is 118 Å². The third-order valence-corrected chi connectivity index (χ3v) is 3.34. The van der Waals surface area contributed by atoms with Crippen molar-refractivity contribution >= 4 is 22.8 Å². The average Bonchev–Trinajstić information content (AvgIpc) is 2.76. The fraction of sp³-hybridized carbons (Fsp3) is 0.375. The zero-order valence-corrected chi connectivity index (χ0v) is 12.1. The number of rotatable bonds is 4. The van der Waals surface area contributed by atoms with Crippen LogP contribution in [-0.4, -0.2) is 23.6 Å². The number of esters is 1. The molecule has 4 nitrogen and oxygen atoms in total. The van der Waals surface area contributed by atoms with Gasteiger partial charge in [-0.2, -0.15) is 0 Å². The molecular formula is C16H19NO3. The summed E-state index contributed by atoms with van der Waals surface area (Å²) in [7, 11) is 1.37. The van der Waals surface area contributed by atoms with E-state index in [1.807, 2.05) is 24.3 Å². The molecule has 0 aliphatic heterocycles. The van der Waals surface area contributed by atoms with Crippen molar-refractivity contribution in [3.05, 3.63) is 35.5 Å². The minimum Gasteiger partial charge on any atom is -0.469 e. The van der Waals surface area contributed by atoms with Crippen molar-refractivity contribution in [3.8, 4) is 0 Å². The van der Waals surface area contributed by atoms with Gasteiger partial charge in [-0.1, -0.05) is 25.5 Å². The van der Waals surface area contributed by atoms with Gasteiger partial charge in [0.25, 0.3) is 0 Å². The molecular weight excluding hydrogens is 254 g/mol. The molecule has 2 rings (SSSR count). The Balaban J connectivity index is 2.51. The molecule has 0 spiro atoms. The van der Waals surface area contributed by atoms with E-state index in [1.54, 1.807) is 11.5 Å². The molecule has 0 saturated carbocycles. The number of fused-ring (bicyclic) bond motifs is 1. The number of aryl methyl sites for hydroxylation is 1. The molecule has 0 fully saturated rings. The van der Waals surface area contributed by atoms with Gasteiger partial charge in [-0.25, -0.2) is 0 Å². The van der Waals surface area contributed by atoms with Crippen molar-refractivity contribution in [1.29, 1.82) is 0 Å². The lowest BCUT2D eigenvalue weighted by molar-refractivity contribution is -0.139. The number of aromatic nitrogens is 1. The van der Waals surface area contributed by atoms with E-state index in [1.165, 1.54) is 7.11 Å². The predicted molar refractivity (Wildman–Crippen MR) is 78.0 cm³/mol. The fourth-order valence-electron chi connectivity index (χ4n) is 2.46. The van der Waals surface area contributed by atoms with Gasteiger partial charge in [0.2, 0.25) is 5.91 Å². The molecule has 0 aliphatic carbocycles. The SMILES string of the molecule is CCCc1cc2ccc(CC(=O)OC)cc2n1C(C)=O. The van der Waals surface area contributed by atoms with Crippen LogP contribution in [0.25, 0.3) is 10.9 Å². The predicted octanol–water partition coefficient (Wildman–Crippen LogP) is 2.97. The van der Waals surface area contributed by atoms with Crippen LogP contribution in [0.2, 0.25) is 0 Å². The van der Waals surface area contributed by atoms with E-state index < -0.39 is 0 Å². The highest BCUT2D eigenvalue weighted by molar-refractivity contribution is 5.93. The lowest BCUT2D eigenvalue weighted by atomic mass is 10.1. The smallest absolute Gasteiger partial charge is 0.309 e. The Morgan fingerprint density at radius 2 is 2.00 bits per heavy atom. The van der Waals surface area contributed by atoms with Gasteiger partial charge in [0.15, 0.2) is 0 Å². The molecule has 1 aromatic carbocycles. The Bertz CT molecular complexity index is 655. The van der Waals surface area contributed by atoms with Gasteiger partial charge < -0.3 is 4.74 Å². The molecule has 2 aromatic rings. The maximum Gasteiger partial charge on any atom is 0.309 e. The Morgan fingerprint density at radius 3 is 2.60 bits per heavy atom. The highest BCUT2D eigenvalue weighted by atomic mass is 16.5. The lowest BCUT2D eigenvalue weighted by Crippen LogP contribution is -2.10. The molecule has 0 N–H and O–H groups in total. The maximum atomic E-state index is 11.9. The third kappa shape index (κ3) is 2.74. The number of carbonyl (C=O) groups is 2. The number of benzene rings is 1. The third-order valence-electron chi connectivity index (χ3n) is 3.34. The van der Waals surface area contributed by atoms with E-state index in [4.69, 9.17) is 0 Å². The van der Waals surface area contributed by atoms with Crippen LogP contribution >= 0.6 is 0 Å². The zero-order valence-electron chi connectivity index (χ0n) is 12.1. The van der Waals surface area contributed by atoms with Crippen LogP contribution < -0.4 is 0 Å². The Hall–Kier alpha value is -2.10. The summed E-state index contributed by atoms with van der Waals surface area (Å²) in [5.41, 5.74) is 2.74. The van der Waals surface area contributed by atoms with Crippen LogP contribution in [0.1, 0.15) is 36.3 Å². The van der Waals surface area contributed by atoms with E-state index in [-0.39, 0.29) is 18.3 Å². The minimum atomic E-state index is -0.279. The molecule has 0 saturated heterocycles. The Morgan fingerprint density at radius 1 is 1.25 bits per heavy atom. The number of hydrogen-bond donors (Lipinski definition) is 0. The average molecular weight is 273 g/mol. The summed E-state index contributed by atoms with van der Waals surface area (Å²) in [6, 6.07) is 7.79. The van der Waals surface area contributed by atoms with Crippen molar-refractivity contribution in [2.24, 2.45) is 0 Å². The summed E-state index contributed by atoms with van der Waals surface area (Å²) in [4.78, 5) is 23.2. The molecule has 0 radical (unpaired) electrons. The second kappa shape index (κ2) is 5.90. The van der Waals surface area contributed by atoms with Crippen LogP contribution in [-0.2, 0) is 22.4 Å². The molecule has 1 heterocycles. The van der Waals surface area contributed by atoms with Gasteiger partial charge in [0.1, 0.15) is 0 Å². The number of carbonyl (C=O) groups excluding carboxylic acids is 2. The van der Waals surface area contributed by atoms with Crippen LogP contribution in [0, 0.1) is 0 Å². The number of hydrogen-bond acceptors (Lipinski definition) is 3. The monoisotopic (exact) mass is 273 g/mol. The molecule has 0 aliphatic rings. The van der Waals surface area contributed by atoms with E-state index in [2.05, 4.69) is 11.7 Å². The normalized spacial score (nSPS) is 10.8. The second-order valence-corrected chi connectivity index (χ2v) is 4.89. The van der Waals surface area contributed by atoms with Crippen LogP contribution in [0.3, 0.4) is 0 Å². The van der Waals surface area contributed by atoms with E-state index in [9.17, 15) is 9.59 Å². The summed E-state index contributed by atoms with van der Waals surface area (Å²) >= 11 is 0. The van der Waals surface area contributed by atoms with Gasteiger partial charge in [0, 0.05) is 18.0 Å². The molecule has 0 unspecified atom stereocenters. The number of methoxy groups -OCH3 is 1. The maximum absolute atomic E-state index is 11.9. The van der Waals surface area contributed by atoms with Crippen molar-refractivity contribution in [1.82, 2.24) is 4.57 Å². The van der Waals surface area contributed by atoms with E-state index >= 15 is 0 Å². The standard InChI is InChI=1S/C16H19NO3/c1-4-5-14-10-13-7-6-12(9-16(19)20-3)8-15(13)17(14)11(2)18/h6-8,10H,4-5,9H2,1-3H3. The van der Waals surface area contributed by atoms with Gasteiger partial charge >= 0.3 is 5.97 Å². The minimum absolute atomic E-state index is 0.00123. The van der Waals surface area contributed by atoms with Gasteiger partial charge in [-0.15, -0.1) is 0 Å². The zero-order chi connectivity index (χ0) is 14.7. The molecule has 0 atom stereocenters. The van der Waals surface area contributed by atoms with E-state index in [0.717, 1.165) is 35.0 Å². The summed E-state index contributed by atoms with van der Waals surface area (Å²) in [6.07, 6.45) is 2.07. The molecule has 4 heteroatoms. The first-order chi connectivity index (χ1) is 9.56. The van der Waals surface area contributed by atoms with Crippen LogP contribution in [0.15, 0.2) is 24.3 Å². The molecule has 20 heavy (non-hydrogen) atoms.